The van der Waals surface area contributed by atoms with Gasteiger partial charge in [0, 0.05) is 38.7 Å². The Morgan fingerprint density at radius 1 is 1.50 bits per heavy atom. The predicted molar refractivity (Wildman–Crippen MR) is 55.0 cm³/mol. The first-order chi connectivity index (χ1) is 6.52. The SMILES string of the molecule is COCCCC(=O)NCC(C)(C)CO. The van der Waals surface area contributed by atoms with Crippen molar-refractivity contribution in [1.29, 1.82) is 0 Å². The Labute approximate surface area is 85.6 Å². The number of aliphatic hydroxyl groups is 1. The molecule has 0 aromatic heterocycles. The van der Waals surface area contributed by atoms with Gasteiger partial charge in [0.05, 0.1) is 0 Å². The van der Waals surface area contributed by atoms with E-state index >= 15 is 0 Å². The minimum atomic E-state index is -0.239. The maximum atomic E-state index is 11.2. The molecule has 0 aromatic carbocycles. The van der Waals surface area contributed by atoms with E-state index < -0.39 is 0 Å². The van der Waals surface area contributed by atoms with Gasteiger partial charge in [-0.15, -0.1) is 0 Å². The molecule has 0 aliphatic rings. The third-order valence-electron chi connectivity index (χ3n) is 1.94. The molecule has 0 radical (unpaired) electrons. The second kappa shape index (κ2) is 6.79. The Bertz CT molecular complexity index is 169. The minimum Gasteiger partial charge on any atom is -0.396 e. The summed E-state index contributed by atoms with van der Waals surface area (Å²) in [6.07, 6.45) is 1.22. The highest BCUT2D eigenvalue weighted by molar-refractivity contribution is 5.75. The lowest BCUT2D eigenvalue weighted by atomic mass is 9.95. The third kappa shape index (κ3) is 6.86. The van der Waals surface area contributed by atoms with Gasteiger partial charge in [-0.2, -0.15) is 0 Å². The molecule has 0 rings (SSSR count). The van der Waals surface area contributed by atoms with E-state index in [-0.39, 0.29) is 17.9 Å². The van der Waals surface area contributed by atoms with Crippen LogP contribution in [0, 0.1) is 5.41 Å². The Kier molecular flexibility index (Phi) is 6.49. The molecule has 1 amide bonds. The molecular formula is C10H21NO3. The summed E-state index contributed by atoms with van der Waals surface area (Å²) in [5.74, 6) is 0.0172. The number of carbonyl (C=O) groups is 1. The molecule has 2 N–H and O–H groups in total. The molecule has 0 unspecified atom stereocenters. The molecule has 0 saturated carbocycles. The number of amides is 1. The number of nitrogens with one attached hydrogen (secondary N) is 1. The summed E-state index contributed by atoms with van der Waals surface area (Å²) in [4.78, 5) is 11.2. The standard InChI is InChI=1S/C10H21NO3/c1-10(2,8-12)7-11-9(13)5-4-6-14-3/h12H,4-8H2,1-3H3,(H,11,13). The van der Waals surface area contributed by atoms with Crippen LogP contribution < -0.4 is 5.32 Å². The van der Waals surface area contributed by atoms with Crippen LogP contribution >= 0.6 is 0 Å². The quantitative estimate of drug-likeness (QED) is 0.594. The number of rotatable bonds is 7. The van der Waals surface area contributed by atoms with Crippen LogP contribution in [0.2, 0.25) is 0 Å². The molecule has 0 aromatic rings. The fraction of sp³-hybridized carbons (Fsp3) is 0.900. The maximum Gasteiger partial charge on any atom is 0.220 e. The van der Waals surface area contributed by atoms with Crippen molar-refractivity contribution in [2.24, 2.45) is 5.41 Å². The number of carbonyl (C=O) groups excluding carboxylic acids is 1. The van der Waals surface area contributed by atoms with Crippen molar-refractivity contribution >= 4 is 5.91 Å². The van der Waals surface area contributed by atoms with Gasteiger partial charge in [-0.3, -0.25) is 4.79 Å². The van der Waals surface area contributed by atoms with Gasteiger partial charge in [0.1, 0.15) is 0 Å². The summed E-state index contributed by atoms with van der Waals surface area (Å²) in [7, 11) is 1.62. The zero-order valence-electron chi connectivity index (χ0n) is 9.30. The zero-order valence-corrected chi connectivity index (χ0v) is 9.30. The summed E-state index contributed by atoms with van der Waals surface area (Å²) in [6, 6.07) is 0. The largest absolute Gasteiger partial charge is 0.396 e. The highest BCUT2D eigenvalue weighted by Crippen LogP contribution is 2.11. The number of aliphatic hydroxyl groups excluding tert-OH is 1. The van der Waals surface area contributed by atoms with Gasteiger partial charge >= 0.3 is 0 Å². The molecular weight excluding hydrogens is 182 g/mol. The molecule has 0 atom stereocenters. The van der Waals surface area contributed by atoms with E-state index in [1.165, 1.54) is 0 Å². The lowest BCUT2D eigenvalue weighted by Crippen LogP contribution is -2.36. The highest BCUT2D eigenvalue weighted by atomic mass is 16.5. The molecule has 4 heteroatoms. The topological polar surface area (TPSA) is 58.6 Å². The summed E-state index contributed by atoms with van der Waals surface area (Å²) >= 11 is 0. The molecule has 0 spiro atoms. The average Bonchev–Trinajstić information content (AvgIpc) is 2.16. The van der Waals surface area contributed by atoms with Crippen molar-refractivity contribution in [3.05, 3.63) is 0 Å². The van der Waals surface area contributed by atoms with E-state index in [1.54, 1.807) is 7.11 Å². The van der Waals surface area contributed by atoms with Crippen molar-refractivity contribution in [2.75, 3.05) is 26.9 Å². The summed E-state index contributed by atoms with van der Waals surface area (Å²) in [5.41, 5.74) is -0.239. The van der Waals surface area contributed by atoms with E-state index in [0.717, 1.165) is 6.42 Å². The van der Waals surface area contributed by atoms with Crippen LogP contribution in [0.5, 0.6) is 0 Å². The van der Waals surface area contributed by atoms with Crippen molar-refractivity contribution in [1.82, 2.24) is 5.32 Å². The first kappa shape index (κ1) is 13.4. The van der Waals surface area contributed by atoms with E-state index in [9.17, 15) is 4.79 Å². The molecule has 4 nitrogen and oxygen atoms in total. The van der Waals surface area contributed by atoms with Crippen LogP contribution in [0.1, 0.15) is 26.7 Å². The first-order valence-electron chi connectivity index (χ1n) is 4.88. The molecule has 84 valence electrons. The summed E-state index contributed by atoms with van der Waals surface area (Å²) < 4.78 is 4.84. The second-order valence-electron chi connectivity index (χ2n) is 4.20. The first-order valence-corrected chi connectivity index (χ1v) is 4.88. The van der Waals surface area contributed by atoms with Crippen molar-refractivity contribution in [3.8, 4) is 0 Å². The number of hydrogen-bond donors (Lipinski definition) is 2. The van der Waals surface area contributed by atoms with Crippen LogP contribution in [-0.2, 0) is 9.53 Å². The van der Waals surface area contributed by atoms with Crippen molar-refractivity contribution in [3.63, 3.8) is 0 Å². The molecule has 0 aliphatic heterocycles. The molecule has 0 aliphatic carbocycles. The van der Waals surface area contributed by atoms with Crippen LogP contribution in [-0.4, -0.2) is 37.9 Å². The molecule has 14 heavy (non-hydrogen) atoms. The smallest absolute Gasteiger partial charge is 0.220 e. The normalized spacial score (nSPS) is 11.4. The van der Waals surface area contributed by atoms with Gasteiger partial charge in [-0.05, 0) is 6.42 Å². The monoisotopic (exact) mass is 203 g/mol. The zero-order chi connectivity index (χ0) is 11.0. The van der Waals surface area contributed by atoms with Crippen LogP contribution in [0.15, 0.2) is 0 Å². The Morgan fingerprint density at radius 2 is 2.14 bits per heavy atom. The van der Waals surface area contributed by atoms with Crippen LogP contribution in [0.25, 0.3) is 0 Å². The van der Waals surface area contributed by atoms with Crippen LogP contribution in [0.4, 0.5) is 0 Å². The summed E-state index contributed by atoms with van der Waals surface area (Å²) in [5, 5.41) is 11.7. The second-order valence-corrected chi connectivity index (χ2v) is 4.20. The molecule has 0 saturated heterocycles. The molecule has 0 fully saturated rings. The van der Waals surface area contributed by atoms with E-state index in [4.69, 9.17) is 9.84 Å². The van der Waals surface area contributed by atoms with E-state index in [2.05, 4.69) is 5.32 Å². The number of ether oxygens (including phenoxy) is 1. The van der Waals surface area contributed by atoms with Gasteiger partial charge in [0.2, 0.25) is 5.91 Å². The lowest BCUT2D eigenvalue weighted by molar-refractivity contribution is -0.121. The van der Waals surface area contributed by atoms with Gasteiger partial charge in [0.25, 0.3) is 0 Å². The average molecular weight is 203 g/mol. The van der Waals surface area contributed by atoms with Crippen molar-refractivity contribution in [2.45, 2.75) is 26.7 Å². The van der Waals surface area contributed by atoms with Gasteiger partial charge < -0.3 is 15.2 Å². The number of methoxy groups -OCH3 is 1. The van der Waals surface area contributed by atoms with E-state index in [1.807, 2.05) is 13.8 Å². The Hall–Kier alpha value is -0.610. The van der Waals surface area contributed by atoms with Crippen molar-refractivity contribution < 1.29 is 14.6 Å². The minimum absolute atomic E-state index is 0.0172. The van der Waals surface area contributed by atoms with Gasteiger partial charge in [0.15, 0.2) is 0 Å². The van der Waals surface area contributed by atoms with E-state index in [0.29, 0.717) is 19.6 Å². The third-order valence-corrected chi connectivity index (χ3v) is 1.94. The fourth-order valence-corrected chi connectivity index (χ4v) is 0.859. The molecule has 0 heterocycles. The van der Waals surface area contributed by atoms with Gasteiger partial charge in [-0.1, -0.05) is 13.8 Å². The fourth-order valence-electron chi connectivity index (χ4n) is 0.859. The molecule has 0 bridgehead atoms. The maximum absolute atomic E-state index is 11.2. The van der Waals surface area contributed by atoms with Crippen LogP contribution in [0.3, 0.4) is 0 Å². The number of hydrogen-bond acceptors (Lipinski definition) is 3. The summed E-state index contributed by atoms with van der Waals surface area (Å²) in [6.45, 7) is 5.00. The Morgan fingerprint density at radius 3 is 2.64 bits per heavy atom. The highest BCUT2D eigenvalue weighted by Gasteiger charge is 2.16. The van der Waals surface area contributed by atoms with Gasteiger partial charge in [-0.25, -0.2) is 0 Å². The lowest BCUT2D eigenvalue weighted by Gasteiger charge is -2.21. The predicted octanol–water partition coefficient (Wildman–Crippen LogP) is 0.548. The Balaban J connectivity index is 3.53.